The van der Waals surface area contributed by atoms with Crippen LogP contribution in [0.2, 0.25) is 0 Å². The van der Waals surface area contributed by atoms with E-state index in [-0.39, 0.29) is 5.69 Å². The van der Waals surface area contributed by atoms with Gasteiger partial charge in [0, 0.05) is 12.8 Å². The minimum atomic E-state index is -0.215. The highest BCUT2D eigenvalue weighted by atomic mass is 32.2. The lowest BCUT2D eigenvalue weighted by molar-refractivity contribution is 0.766. The largest absolute Gasteiger partial charge is 0.343 e. The molecular formula is C11H10N4OS. The van der Waals surface area contributed by atoms with Crippen molar-refractivity contribution in [2.45, 2.75) is 10.9 Å². The Morgan fingerprint density at radius 3 is 2.71 bits per heavy atom. The van der Waals surface area contributed by atoms with Gasteiger partial charge in [-0.1, -0.05) is 23.9 Å². The third-order valence-corrected chi connectivity index (χ3v) is 3.39. The minimum absolute atomic E-state index is 0.215. The molecule has 0 atom stereocenters. The van der Waals surface area contributed by atoms with Gasteiger partial charge in [0.2, 0.25) is 0 Å². The predicted molar refractivity (Wildman–Crippen MR) is 64.5 cm³/mol. The van der Waals surface area contributed by atoms with Crippen LogP contribution in [0.25, 0.3) is 0 Å². The number of hydrogen-bond donors (Lipinski definition) is 1. The van der Waals surface area contributed by atoms with Crippen molar-refractivity contribution in [3.63, 3.8) is 0 Å². The van der Waals surface area contributed by atoms with Crippen molar-refractivity contribution in [1.29, 1.82) is 5.26 Å². The summed E-state index contributed by atoms with van der Waals surface area (Å²) in [5.41, 5.74) is 1.52. The molecular weight excluding hydrogens is 236 g/mol. The molecule has 0 bridgehead atoms. The number of rotatable bonds is 3. The fourth-order valence-corrected chi connectivity index (χ4v) is 2.16. The summed E-state index contributed by atoms with van der Waals surface area (Å²) in [5.74, 6) is 0.712. The van der Waals surface area contributed by atoms with E-state index < -0.39 is 0 Å². The molecule has 6 heteroatoms. The highest BCUT2D eigenvalue weighted by Crippen LogP contribution is 2.18. The zero-order valence-electron chi connectivity index (χ0n) is 9.17. The van der Waals surface area contributed by atoms with Crippen molar-refractivity contribution in [3.8, 4) is 6.07 Å². The van der Waals surface area contributed by atoms with Gasteiger partial charge in [-0.25, -0.2) is 9.89 Å². The second kappa shape index (κ2) is 4.89. The van der Waals surface area contributed by atoms with E-state index in [4.69, 9.17) is 5.26 Å². The van der Waals surface area contributed by atoms with Crippen LogP contribution >= 0.6 is 11.8 Å². The number of nitrogens with one attached hydrogen (secondary N) is 1. The maximum absolute atomic E-state index is 11.1. The first-order chi connectivity index (χ1) is 8.20. The van der Waals surface area contributed by atoms with E-state index in [2.05, 4.69) is 16.3 Å². The number of nitrogens with zero attached hydrogens (tertiary/aromatic N) is 3. The van der Waals surface area contributed by atoms with Gasteiger partial charge in [0.05, 0.1) is 11.6 Å². The summed E-state index contributed by atoms with van der Waals surface area (Å²) < 4.78 is 1.47. The smallest absolute Gasteiger partial charge is 0.273 e. The van der Waals surface area contributed by atoms with Crippen LogP contribution < -0.4 is 5.69 Å². The van der Waals surface area contributed by atoms with Crippen LogP contribution in [0, 0.1) is 11.3 Å². The van der Waals surface area contributed by atoms with Crippen LogP contribution in [0.3, 0.4) is 0 Å². The highest BCUT2D eigenvalue weighted by Gasteiger charge is 2.04. The fraction of sp³-hybridized carbons (Fsp3) is 0.182. The molecule has 0 unspecified atom stereocenters. The Labute approximate surface area is 102 Å². The first-order valence-electron chi connectivity index (χ1n) is 4.94. The van der Waals surface area contributed by atoms with Crippen LogP contribution in [0.4, 0.5) is 0 Å². The topological polar surface area (TPSA) is 74.5 Å². The monoisotopic (exact) mass is 246 g/mol. The van der Waals surface area contributed by atoms with E-state index >= 15 is 0 Å². The quantitative estimate of drug-likeness (QED) is 0.828. The molecule has 17 heavy (non-hydrogen) atoms. The number of hydrogen-bond acceptors (Lipinski definition) is 4. The lowest BCUT2D eigenvalue weighted by Crippen LogP contribution is -2.12. The second-order valence-electron chi connectivity index (χ2n) is 3.47. The molecule has 0 saturated heterocycles. The molecule has 0 radical (unpaired) electrons. The molecule has 0 amide bonds. The molecule has 5 nitrogen and oxygen atoms in total. The SMILES string of the molecule is Cn1c(SCc2ccc(C#N)cc2)n[nH]c1=O. The molecule has 0 fully saturated rings. The van der Waals surface area contributed by atoms with E-state index in [1.165, 1.54) is 16.3 Å². The first-order valence-corrected chi connectivity index (χ1v) is 5.92. The summed E-state index contributed by atoms with van der Waals surface area (Å²) in [7, 11) is 1.67. The fourth-order valence-electron chi connectivity index (χ4n) is 1.29. The number of aromatic nitrogens is 3. The zero-order valence-corrected chi connectivity index (χ0v) is 9.99. The number of H-pyrrole nitrogens is 1. The molecule has 0 aliphatic carbocycles. The Bertz CT molecular complexity index is 606. The molecule has 86 valence electrons. The Balaban J connectivity index is 2.05. The summed E-state index contributed by atoms with van der Waals surface area (Å²) in [6.07, 6.45) is 0. The Morgan fingerprint density at radius 2 is 2.18 bits per heavy atom. The normalized spacial score (nSPS) is 10.1. The lowest BCUT2D eigenvalue weighted by atomic mass is 10.2. The molecule has 1 aromatic heterocycles. The lowest BCUT2D eigenvalue weighted by Gasteiger charge is -2.00. The summed E-state index contributed by atoms with van der Waals surface area (Å²) in [4.78, 5) is 11.1. The second-order valence-corrected chi connectivity index (χ2v) is 4.41. The molecule has 1 heterocycles. The van der Waals surface area contributed by atoms with Gasteiger partial charge in [-0.15, -0.1) is 5.10 Å². The summed E-state index contributed by atoms with van der Waals surface area (Å²) in [6, 6.07) is 9.42. The molecule has 0 saturated carbocycles. The van der Waals surface area contributed by atoms with Crippen molar-refractivity contribution in [2.24, 2.45) is 7.05 Å². The summed E-state index contributed by atoms with van der Waals surface area (Å²) in [5, 5.41) is 15.6. The predicted octanol–water partition coefficient (Wildman–Crippen LogP) is 1.27. The first kappa shape index (κ1) is 11.5. The maximum Gasteiger partial charge on any atom is 0.343 e. The molecule has 0 aliphatic rings. The van der Waals surface area contributed by atoms with Crippen molar-refractivity contribution in [2.75, 3.05) is 0 Å². The van der Waals surface area contributed by atoms with Gasteiger partial charge < -0.3 is 0 Å². The molecule has 2 aromatic rings. The van der Waals surface area contributed by atoms with Crippen LogP contribution in [0.5, 0.6) is 0 Å². The molecule has 0 aliphatic heterocycles. The van der Waals surface area contributed by atoms with Crippen molar-refractivity contribution < 1.29 is 0 Å². The molecule has 2 rings (SSSR count). The van der Waals surface area contributed by atoms with Gasteiger partial charge in [-0.2, -0.15) is 5.26 Å². The average Bonchev–Trinajstić information content (AvgIpc) is 2.68. The molecule has 1 N–H and O–H groups in total. The number of nitriles is 1. The van der Waals surface area contributed by atoms with Gasteiger partial charge in [0.1, 0.15) is 0 Å². The van der Waals surface area contributed by atoms with Crippen molar-refractivity contribution in [3.05, 3.63) is 45.9 Å². The van der Waals surface area contributed by atoms with Gasteiger partial charge in [-0.3, -0.25) is 4.57 Å². The summed E-state index contributed by atoms with van der Waals surface area (Å²) >= 11 is 1.47. The number of benzene rings is 1. The number of thioether (sulfide) groups is 1. The Hall–Kier alpha value is -2.00. The van der Waals surface area contributed by atoms with Crippen molar-refractivity contribution in [1.82, 2.24) is 14.8 Å². The van der Waals surface area contributed by atoms with Gasteiger partial charge in [0.25, 0.3) is 0 Å². The number of aromatic amines is 1. The molecule has 0 spiro atoms. The van der Waals surface area contributed by atoms with E-state index in [0.717, 1.165) is 5.56 Å². The Kier molecular flexibility index (Phi) is 3.30. The standard InChI is InChI=1S/C11H10N4OS/c1-15-10(16)13-14-11(15)17-7-9-4-2-8(6-12)3-5-9/h2-5H,7H2,1H3,(H,13,16). The summed E-state index contributed by atoms with van der Waals surface area (Å²) in [6.45, 7) is 0. The van der Waals surface area contributed by atoms with Crippen LogP contribution in [0.1, 0.15) is 11.1 Å². The third-order valence-electron chi connectivity index (χ3n) is 2.29. The van der Waals surface area contributed by atoms with Gasteiger partial charge in [0.15, 0.2) is 5.16 Å². The van der Waals surface area contributed by atoms with Crippen LogP contribution in [-0.4, -0.2) is 14.8 Å². The van der Waals surface area contributed by atoms with Gasteiger partial charge >= 0.3 is 5.69 Å². The maximum atomic E-state index is 11.1. The average molecular weight is 246 g/mol. The van der Waals surface area contributed by atoms with Crippen molar-refractivity contribution >= 4 is 11.8 Å². The van der Waals surface area contributed by atoms with E-state index in [1.54, 1.807) is 19.2 Å². The highest BCUT2D eigenvalue weighted by molar-refractivity contribution is 7.98. The third kappa shape index (κ3) is 2.57. The zero-order chi connectivity index (χ0) is 12.3. The van der Waals surface area contributed by atoms with E-state index in [0.29, 0.717) is 16.5 Å². The van der Waals surface area contributed by atoms with E-state index in [9.17, 15) is 4.79 Å². The van der Waals surface area contributed by atoms with E-state index in [1.807, 2.05) is 12.1 Å². The van der Waals surface area contributed by atoms with Crippen LogP contribution in [-0.2, 0) is 12.8 Å². The Morgan fingerprint density at radius 1 is 1.47 bits per heavy atom. The van der Waals surface area contributed by atoms with Crippen LogP contribution in [0.15, 0.2) is 34.2 Å². The minimum Gasteiger partial charge on any atom is -0.273 e. The van der Waals surface area contributed by atoms with Gasteiger partial charge in [-0.05, 0) is 17.7 Å². The molecule has 1 aromatic carbocycles.